The van der Waals surface area contributed by atoms with Crippen LogP contribution in [0.25, 0.3) is 0 Å². The van der Waals surface area contributed by atoms with Gasteiger partial charge in [0, 0.05) is 14.2 Å². The lowest BCUT2D eigenvalue weighted by atomic mass is 10.6. The second-order valence-electron chi connectivity index (χ2n) is 1.54. The third-order valence-corrected chi connectivity index (χ3v) is 1.03. The molecule has 8 heavy (non-hydrogen) atoms. The van der Waals surface area contributed by atoms with Crippen molar-refractivity contribution >= 4 is 6.41 Å². The first-order valence-corrected chi connectivity index (χ1v) is 2.35. The van der Waals surface area contributed by atoms with Gasteiger partial charge in [-0.05, 0) is 6.92 Å². The van der Waals surface area contributed by atoms with Crippen LogP contribution in [0.15, 0.2) is 0 Å². The predicted octanol–water partition coefficient (Wildman–Crippen LogP) is -0.0222. The van der Waals surface area contributed by atoms with Gasteiger partial charge in [-0.1, -0.05) is 0 Å². The zero-order chi connectivity index (χ0) is 6.57. The molecular weight excluding hydrogens is 106 g/mol. The molecule has 0 spiro atoms. The fraction of sp³-hybridized carbons (Fsp3) is 0.800. The van der Waals surface area contributed by atoms with E-state index in [1.807, 2.05) is 0 Å². The summed E-state index contributed by atoms with van der Waals surface area (Å²) in [6, 6.07) is 0. The Bertz CT molecular complexity index is 74.8. The van der Waals surface area contributed by atoms with Gasteiger partial charge in [-0.3, -0.25) is 4.79 Å². The van der Waals surface area contributed by atoms with Gasteiger partial charge >= 0.3 is 6.41 Å². The lowest BCUT2D eigenvalue weighted by Crippen LogP contribution is -2.28. The summed E-state index contributed by atoms with van der Waals surface area (Å²) in [4.78, 5) is 11.1. The van der Waals surface area contributed by atoms with Gasteiger partial charge in [0.15, 0.2) is 0 Å². The molecule has 0 heterocycles. The molecule has 0 aromatic rings. The number of carbonyl (C=O) groups excluding carboxylic acids is 1. The van der Waals surface area contributed by atoms with Gasteiger partial charge in [0.1, 0.15) is 6.23 Å². The summed E-state index contributed by atoms with van der Waals surface area (Å²) in [5, 5.41) is 0. The molecule has 3 heteroatoms. The molecule has 47 valence electrons. The Balaban J connectivity index is 3.44. The first-order chi connectivity index (χ1) is 3.72. The van der Waals surface area contributed by atoms with Crippen LogP contribution in [0.4, 0.5) is 0 Å². The van der Waals surface area contributed by atoms with Crippen molar-refractivity contribution in [3.63, 3.8) is 0 Å². The van der Waals surface area contributed by atoms with Gasteiger partial charge in [0.2, 0.25) is 0 Å². The summed E-state index contributed by atoms with van der Waals surface area (Å²) in [6.07, 6.45) is 1.50. The van der Waals surface area contributed by atoms with Crippen molar-refractivity contribution in [2.45, 2.75) is 13.2 Å². The van der Waals surface area contributed by atoms with E-state index in [2.05, 4.69) is 0 Å². The molecule has 1 unspecified atom stereocenters. The average Bonchev–Trinajstić information content (AvgIpc) is 1.84. The third-order valence-electron chi connectivity index (χ3n) is 1.03. The predicted molar refractivity (Wildman–Crippen MR) is 29.9 cm³/mol. The van der Waals surface area contributed by atoms with Crippen LogP contribution in [-0.4, -0.2) is 31.7 Å². The molecule has 1 radical (unpaired) electrons. The summed E-state index contributed by atoms with van der Waals surface area (Å²) in [5.74, 6) is 0. The topological polar surface area (TPSA) is 29.5 Å². The van der Waals surface area contributed by atoms with Gasteiger partial charge in [0.25, 0.3) is 0 Å². The molecule has 3 nitrogen and oxygen atoms in total. The number of rotatable bonds is 3. The van der Waals surface area contributed by atoms with E-state index in [0.717, 1.165) is 0 Å². The van der Waals surface area contributed by atoms with Crippen molar-refractivity contribution in [1.29, 1.82) is 0 Å². The largest absolute Gasteiger partial charge is 0.362 e. The summed E-state index contributed by atoms with van der Waals surface area (Å²) in [7, 11) is 3.15. The Morgan fingerprint density at radius 1 is 1.75 bits per heavy atom. The monoisotopic (exact) mass is 116 g/mol. The van der Waals surface area contributed by atoms with Gasteiger partial charge in [-0.15, -0.1) is 0 Å². The number of nitrogens with zero attached hydrogens (tertiary/aromatic N) is 1. The van der Waals surface area contributed by atoms with Crippen LogP contribution in [0.5, 0.6) is 0 Å². The molecular formula is C5H10NO2. The summed E-state index contributed by atoms with van der Waals surface area (Å²) in [6.45, 7) is 1.77. The number of hydrogen-bond acceptors (Lipinski definition) is 2. The van der Waals surface area contributed by atoms with Gasteiger partial charge in [-0.25, -0.2) is 0 Å². The van der Waals surface area contributed by atoms with E-state index in [0.29, 0.717) is 0 Å². The van der Waals surface area contributed by atoms with Crippen molar-refractivity contribution in [3.05, 3.63) is 0 Å². The fourth-order valence-electron chi connectivity index (χ4n) is 0.232. The number of amides is 1. The lowest BCUT2D eigenvalue weighted by molar-refractivity contribution is 0.0337. The summed E-state index contributed by atoms with van der Waals surface area (Å²) < 4.78 is 4.77. The minimum absolute atomic E-state index is 0.174. The highest BCUT2D eigenvalue weighted by Gasteiger charge is 2.02. The maximum Gasteiger partial charge on any atom is 0.313 e. The highest BCUT2D eigenvalue weighted by atomic mass is 16.5. The lowest BCUT2D eigenvalue weighted by Gasteiger charge is -2.16. The minimum atomic E-state index is -0.174. The third kappa shape index (κ3) is 1.93. The van der Waals surface area contributed by atoms with E-state index in [-0.39, 0.29) is 6.23 Å². The first kappa shape index (κ1) is 7.43. The first-order valence-electron chi connectivity index (χ1n) is 2.35. The Morgan fingerprint density at radius 2 is 2.25 bits per heavy atom. The molecule has 0 saturated heterocycles. The summed E-state index contributed by atoms with van der Waals surface area (Å²) in [5.41, 5.74) is 0. The zero-order valence-corrected chi connectivity index (χ0v) is 5.34. The van der Waals surface area contributed by atoms with Crippen molar-refractivity contribution in [3.8, 4) is 0 Å². The normalized spacial score (nSPS) is 12.9. The standard InChI is InChI=1S/C5H10NO2/c1-5(8-3)6(2)4-7/h5H,1-3H3. The van der Waals surface area contributed by atoms with Crippen LogP contribution < -0.4 is 0 Å². The van der Waals surface area contributed by atoms with Crippen molar-refractivity contribution in [2.24, 2.45) is 0 Å². The maximum atomic E-state index is 9.83. The SMILES string of the molecule is COC(C)N(C)[C]=O. The average molecular weight is 116 g/mol. The zero-order valence-electron chi connectivity index (χ0n) is 5.34. The molecule has 1 amide bonds. The molecule has 0 bridgehead atoms. The Morgan fingerprint density at radius 3 is 2.38 bits per heavy atom. The highest BCUT2D eigenvalue weighted by Crippen LogP contribution is 1.89. The number of hydrogen-bond donors (Lipinski definition) is 0. The molecule has 0 N–H and O–H groups in total. The van der Waals surface area contributed by atoms with Crippen molar-refractivity contribution < 1.29 is 9.53 Å². The van der Waals surface area contributed by atoms with Gasteiger partial charge in [0.05, 0.1) is 0 Å². The van der Waals surface area contributed by atoms with E-state index in [9.17, 15) is 4.79 Å². The second kappa shape index (κ2) is 3.43. The van der Waals surface area contributed by atoms with E-state index < -0.39 is 0 Å². The van der Waals surface area contributed by atoms with E-state index in [1.165, 1.54) is 4.90 Å². The smallest absolute Gasteiger partial charge is 0.313 e. The van der Waals surface area contributed by atoms with Gasteiger partial charge in [-0.2, -0.15) is 0 Å². The molecule has 0 fully saturated rings. The molecule has 0 aliphatic heterocycles. The van der Waals surface area contributed by atoms with E-state index >= 15 is 0 Å². The quantitative estimate of drug-likeness (QED) is 0.383. The van der Waals surface area contributed by atoms with Crippen LogP contribution in [-0.2, 0) is 9.53 Å². The number of methoxy groups -OCH3 is 1. The molecule has 0 rings (SSSR count). The Labute approximate surface area is 49.2 Å². The van der Waals surface area contributed by atoms with Crippen LogP contribution in [0, 0.1) is 0 Å². The minimum Gasteiger partial charge on any atom is -0.362 e. The Hall–Kier alpha value is -0.570. The molecule has 1 atom stereocenters. The van der Waals surface area contributed by atoms with Crippen molar-refractivity contribution in [1.82, 2.24) is 4.90 Å². The molecule has 0 aliphatic rings. The van der Waals surface area contributed by atoms with E-state index in [4.69, 9.17) is 4.74 Å². The fourth-order valence-corrected chi connectivity index (χ4v) is 0.232. The molecule has 0 saturated carbocycles. The number of ether oxygens (including phenoxy) is 1. The van der Waals surface area contributed by atoms with Crippen LogP contribution in [0.1, 0.15) is 6.92 Å². The second-order valence-corrected chi connectivity index (χ2v) is 1.54. The van der Waals surface area contributed by atoms with Crippen LogP contribution in [0.3, 0.4) is 0 Å². The molecule has 0 aromatic heterocycles. The highest BCUT2D eigenvalue weighted by molar-refractivity contribution is 5.47. The van der Waals surface area contributed by atoms with Gasteiger partial charge < -0.3 is 9.64 Å². The molecule has 0 aliphatic carbocycles. The maximum absolute atomic E-state index is 9.83. The molecule has 0 aromatic carbocycles. The summed E-state index contributed by atoms with van der Waals surface area (Å²) >= 11 is 0. The van der Waals surface area contributed by atoms with Crippen LogP contribution >= 0.6 is 0 Å². The van der Waals surface area contributed by atoms with E-state index in [1.54, 1.807) is 27.5 Å². The van der Waals surface area contributed by atoms with Crippen LogP contribution in [0.2, 0.25) is 0 Å². The Kier molecular flexibility index (Phi) is 3.19. The van der Waals surface area contributed by atoms with Crippen molar-refractivity contribution in [2.75, 3.05) is 14.2 Å².